The van der Waals surface area contributed by atoms with Crippen LogP contribution in [0.2, 0.25) is 0 Å². The molecule has 30 heavy (non-hydrogen) atoms. The quantitative estimate of drug-likeness (QED) is 0.819. The van der Waals surface area contributed by atoms with Gasteiger partial charge in [0.2, 0.25) is 5.91 Å². The number of nitrogens with one attached hydrogen (secondary N) is 1. The lowest BCUT2D eigenvalue weighted by molar-refractivity contribution is -0.127. The molecule has 1 amide bonds. The lowest BCUT2D eigenvalue weighted by Gasteiger charge is -2.44. The maximum atomic E-state index is 14.8. The predicted molar refractivity (Wildman–Crippen MR) is 113 cm³/mol. The number of alkyl halides is 1. The van der Waals surface area contributed by atoms with Crippen LogP contribution in [-0.2, 0) is 16.6 Å². The average molecular weight is 410 g/mol. The molecule has 2 aromatic rings. The van der Waals surface area contributed by atoms with E-state index >= 15 is 0 Å². The van der Waals surface area contributed by atoms with Crippen molar-refractivity contribution >= 4 is 5.91 Å². The molecule has 4 nitrogen and oxygen atoms in total. The number of halogens is 1. The van der Waals surface area contributed by atoms with Crippen molar-refractivity contribution < 1.29 is 18.7 Å². The van der Waals surface area contributed by atoms with Crippen LogP contribution in [0, 0.1) is 5.92 Å². The van der Waals surface area contributed by atoms with Gasteiger partial charge in [-0.3, -0.25) is 4.79 Å². The molecule has 2 aromatic carbocycles. The third kappa shape index (κ3) is 2.82. The smallest absolute Gasteiger partial charge is 0.230 e. The monoisotopic (exact) mass is 409 g/mol. The van der Waals surface area contributed by atoms with E-state index in [1.165, 1.54) is 0 Å². The summed E-state index contributed by atoms with van der Waals surface area (Å²) in [7, 11) is 1.62. The molecular formula is C25H28FNO3. The fraction of sp³-hybridized carbons (Fsp3) is 0.480. The number of carbonyl (C=O) groups excluding carboxylic acids is 1. The Morgan fingerprint density at radius 2 is 1.93 bits per heavy atom. The number of benzene rings is 2. The third-order valence-corrected chi connectivity index (χ3v) is 7.34. The normalized spacial score (nSPS) is 29.0. The highest BCUT2D eigenvalue weighted by molar-refractivity contribution is 5.87. The second kappa shape index (κ2) is 7.00. The van der Waals surface area contributed by atoms with E-state index in [1.54, 1.807) is 7.11 Å². The van der Waals surface area contributed by atoms with Crippen molar-refractivity contribution in [3.8, 4) is 11.5 Å². The topological polar surface area (TPSA) is 47.6 Å². The van der Waals surface area contributed by atoms with E-state index in [0.717, 1.165) is 29.5 Å². The fourth-order valence-electron chi connectivity index (χ4n) is 5.60. The predicted octanol–water partition coefficient (Wildman–Crippen LogP) is 4.31. The average Bonchev–Trinajstić information content (AvgIpc) is 3.16. The Morgan fingerprint density at radius 3 is 2.67 bits per heavy atom. The van der Waals surface area contributed by atoms with E-state index in [2.05, 4.69) is 5.32 Å². The van der Waals surface area contributed by atoms with Crippen LogP contribution in [0.15, 0.2) is 42.5 Å². The van der Waals surface area contributed by atoms with Crippen molar-refractivity contribution in [1.29, 1.82) is 0 Å². The van der Waals surface area contributed by atoms with Gasteiger partial charge in [-0.15, -0.1) is 0 Å². The van der Waals surface area contributed by atoms with Gasteiger partial charge in [-0.1, -0.05) is 36.4 Å². The Bertz CT molecular complexity index is 974. The standard InChI is InChI=1S/C25H28FNO3/c1-25(2,15-7-5-4-6-8-15)24(28)27-18-13-14-9-12-19(29-3)23-20(14)21-16(18)10-11-17(26)22(21)30-23/h4-9,12,16-18,21-22H,10-11,13H2,1-3H3,(H,27,28)/t16?,17?,18-,21?,22+/m0/s1. The molecule has 5 heteroatoms. The van der Waals surface area contributed by atoms with Gasteiger partial charge in [0.05, 0.1) is 12.5 Å². The van der Waals surface area contributed by atoms with E-state index in [-0.39, 0.29) is 23.8 Å². The zero-order valence-electron chi connectivity index (χ0n) is 17.7. The second-order valence-electron chi connectivity index (χ2n) is 9.31. The minimum atomic E-state index is -0.994. The SMILES string of the molecule is COc1ccc2c3c1O[C@@H]1C(F)CCC(C31)[C@@H](NC(=O)C(C)(C)c1ccccc1)C2. The summed E-state index contributed by atoms with van der Waals surface area (Å²) >= 11 is 0. The van der Waals surface area contributed by atoms with Crippen LogP contribution in [0.4, 0.5) is 4.39 Å². The summed E-state index contributed by atoms with van der Waals surface area (Å²) in [6.45, 7) is 3.91. The van der Waals surface area contributed by atoms with Crippen molar-refractivity contribution in [2.75, 3.05) is 7.11 Å². The van der Waals surface area contributed by atoms with Gasteiger partial charge < -0.3 is 14.8 Å². The zero-order valence-corrected chi connectivity index (χ0v) is 17.7. The molecule has 0 aromatic heterocycles. The maximum Gasteiger partial charge on any atom is 0.230 e. The van der Waals surface area contributed by atoms with Gasteiger partial charge >= 0.3 is 0 Å². The summed E-state index contributed by atoms with van der Waals surface area (Å²) in [5.74, 6) is 1.51. The minimum absolute atomic E-state index is 0.00808. The van der Waals surface area contributed by atoms with E-state index < -0.39 is 17.7 Å². The highest BCUT2D eigenvalue weighted by Gasteiger charge is 2.54. The Hall–Kier alpha value is -2.56. The summed E-state index contributed by atoms with van der Waals surface area (Å²) in [5.41, 5.74) is 2.57. The number of methoxy groups -OCH3 is 1. The molecule has 3 unspecified atom stereocenters. The summed E-state index contributed by atoms with van der Waals surface area (Å²) in [6, 6.07) is 13.8. The van der Waals surface area contributed by atoms with Gasteiger partial charge in [-0.2, -0.15) is 0 Å². The first-order chi connectivity index (χ1) is 14.4. The van der Waals surface area contributed by atoms with Crippen LogP contribution in [0.3, 0.4) is 0 Å². The van der Waals surface area contributed by atoms with Gasteiger partial charge in [0.25, 0.3) is 0 Å². The molecule has 5 rings (SSSR count). The highest BCUT2D eigenvalue weighted by atomic mass is 19.1. The van der Waals surface area contributed by atoms with Crippen molar-refractivity contribution in [3.05, 3.63) is 59.2 Å². The van der Waals surface area contributed by atoms with E-state index in [1.807, 2.05) is 56.3 Å². The summed E-state index contributed by atoms with van der Waals surface area (Å²) in [5, 5.41) is 3.34. The molecule has 1 saturated carbocycles. The number of ether oxygens (including phenoxy) is 2. The summed E-state index contributed by atoms with van der Waals surface area (Å²) < 4.78 is 26.4. The first kappa shape index (κ1) is 19.4. The molecule has 1 N–H and O–H groups in total. The van der Waals surface area contributed by atoms with Crippen molar-refractivity contribution in [2.24, 2.45) is 5.92 Å². The highest BCUT2D eigenvalue weighted by Crippen LogP contribution is 2.57. The number of rotatable bonds is 4. The maximum absolute atomic E-state index is 14.8. The van der Waals surface area contributed by atoms with E-state index in [0.29, 0.717) is 17.9 Å². The first-order valence-electron chi connectivity index (χ1n) is 10.8. The molecule has 158 valence electrons. The lowest BCUT2D eigenvalue weighted by atomic mass is 9.64. The van der Waals surface area contributed by atoms with E-state index in [9.17, 15) is 9.18 Å². The molecule has 1 aliphatic heterocycles. The van der Waals surface area contributed by atoms with Crippen LogP contribution in [0.25, 0.3) is 0 Å². The number of carbonyl (C=O) groups is 1. The van der Waals surface area contributed by atoms with Gasteiger partial charge in [-0.05, 0) is 56.2 Å². The molecule has 1 fully saturated rings. The van der Waals surface area contributed by atoms with Crippen LogP contribution in [0.5, 0.6) is 11.5 Å². The number of hydrogen-bond donors (Lipinski definition) is 1. The minimum Gasteiger partial charge on any atom is -0.493 e. The van der Waals surface area contributed by atoms with Gasteiger partial charge in [0, 0.05) is 17.5 Å². The Balaban J connectivity index is 1.47. The van der Waals surface area contributed by atoms with Gasteiger partial charge in [0.1, 0.15) is 12.3 Å². The molecule has 3 aliphatic rings. The summed E-state index contributed by atoms with van der Waals surface area (Å²) in [4.78, 5) is 13.3. The Kier molecular flexibility index (Phi) is 4.53. The van der Waals surface area contributed by atoms with Crippen LogP contribution < -0.4 is 14.8 Å². The molecular weight excluding hydrogens is 381 g/mol. The second-order valence-corrected chi connectivity index (χ2v) is 9.31. The van der Waals surface area contributed by atoms with Gasteiger partial charge in [0.15, 0.2) is 11.5 Å². The molecule has 0 saturated heterocycles. The van der Waals surface area contributed by atoms with Crippen molar-refractivity contribution in [2.45, 2.75) is 62.8 Å². The summed E-state index contributed by atoms with van der Waals surface area (Å²) in [6.07, 6.45) is 0.462. The molecule has 2 aliphatic carbocycles. The lowest BCUT2D eigenvalue weighted by Crippen LogP contribution is -2.54. The number of hydrogen-bond acceptors (Lipinski definition) is 3. The van der Waals surface area contributed by atoms with Crippen molar-refractivity contribution in [3.63, 3.8) is 0 Å². The largest absolute Gasteiger partial charge is 0.493 e. The third-order valence-electron chi connectivity index (χ3n) is 7.34. The Labute approximate surface area is 176 Å². The molecule has 5 atom stereocenters. The molecule has 0 bridgehead atoms. The van der Waals surface area contributed by atoms with E-state index in [4.69, 9.17) is 9.47 Å². The van der Waals surface area contributed by atoms with Crippen LogP contribution in [0.1, 0.15) is 49.3 Å². The van der Waals surface area contributed by atoms with Gasteiger partial charge in [-0.25, -0.2) is 4.39 Å². The molecule has 0 radical (unpaired) electrons. The number of amides is 1. The Morgan fingerprint density at radius 1 is 1.17 bits per heavy atom. The zero-order chi connectivity index (χ0) is 21.0. The molecule has 0 spiro atoms. The molecule has 1 heterocycles. The fourth-order valence-corrected chi connectivity index (χ4v) is 5.60. The van der Waals surface area contributed by atoms with Crippen LogP contribution in [-0.4, -0.2) is 31.3 Å². The van der Waals surface area contributed by atoms with Crippen LogP contribution >= 0.6 is 0 Å². The van der Waals surface area contributed by atoms with Crippen molar-refractivity contribution in [1.82, 2.24) is 5.32 Å². The first-order valence-corrected chi connectivity index (χ1v) is 10.8.